The molecular weight excluding hydrogens is 500 g/mol. The molecule has 5 aromatic carbocycles. The van der Waals surface area contributed by atoms with Gasteiger partial charge in [0, 0.05) is 33.1 Å². The van der Waals surface area contributed by atoms with Crippen LogP contribution in [0, 0.1) is 0 Å². The van der Waals surface area contributed by atoms with E-state index in [1.165, 1.54) is 54.4 Å². The van der Waals surface area contributed by atoms with Crippen molar-refractivity contribution in [2.24, 2.45) is 0 Å². The summed E-state index contributed by atoms with van der Waals surface area (Å²) in [6, 6.07) is 42.7. The number of fused-ring (bicyclic) bond motifs is 5. The molecule has 198 valence electrons. The highest BCUT2D eigenvalue weighted by atomic mass is 16.5. The number of hydrogen-bond donors (Lipinski definition) is 0. The van der Waals surface area contributed by atoms with E-state index in [1.54, 1.807) is 0 Å². The van der Waals surface area contributed by atoms with Crippen LogP contribution in [0.4, 0.5) is 0 Å². The summed E-state index contributed by atoms with van der Waals surface area (Å²) in [5.74, 6) is 2.77. The van der Waals surface area contributed by atoms with E-state index in [9.17, 15) is 0 Å². The third-order valence-electron chi connectivity index (χ3n) is 8.95. The zero-order chi connectivity index (χ0) is 27.2. The lowest BCUT2D eigenvalue weighted by atomic mass is 9.63. The summed E-state index contributed by atoms with van der Waals surface area (Å²) in [6.07, 6.45) is 6.17. The highest BCUT2D eigenvalue weighted by molar-refractivity contribution is 5.94. The fraction of sp³-hybridized carbons (Fsp3) is 0.158. The van der Waals surface area contributed by atoms with Crippen molar-refractivity contribution in [2.75, 3.05) is 0 Å². The van der Waals surface area contributed by atoms with Crippen molar-refractivity contribution < 1.29 is 4.74 Å². The molecule has 3 nitrogen and oxygen atoms in total. The monoisotopic (exact) mass is 530 g/mol. The number of hydrogen-bond acceptors (Lipinski definition) is 3. The number of ether oxygens (including phenoxy) is 1. The van der Waals surface area contributed by atoms with Crippen molar-refractivity contribution in [1.29, 1.82) is 0 Å². The standard InChI is InChI=1S/C38H30N2O/c1-3-11-28(12-4-1)37-39-33-15-7-5-13-30(33)36(40-37)27-19-17-26(18-20-27)29-21-22-35-32(25-29)38(23-9-2-10-24-38)31-14-6-8-16-34(31)41-35/h1,3-8,11-22,25H,2,9-10,23-24H2. The van der Waals surface area contributed by atoms with Gasteiger partial charge in [-0.05, 0) is 48.2 Å². The lowest BCUT2D eigenvalue weighted by Gasteiger charge is -2.43. The van der Waals surface area contributed by atoms with Crippen LogP contribution < -0.4 is 4.74 Å². The molecule has 41 heavy (non-hydrogen) atoms. The molecule has 0 saturated heterocycles. The summed E-state index contributed by atoms with van der Waals surface area (Å²) < 4.78 is 6.45. The highest BCUT2D eigenvalue weighted by Gasteiger charge is 2.42. The normalized spacial score (nSPS) is 15.2. The molecule has 1 fully saturated rings. The van der Waals surface area contributed by atoms with E-state index < -0.39 is 0 Å². The Morgan fingerprint density at radius 1 is 0.512 bits per heavy atom. The summed E-state index contributed by atoms with van der Waals surface area (Å²) in [5, 5.41) is 1.06. The van der Waals surface area contributed by atoms with Crippen LogP contribution in [-0.2, 0) is 5.41 Å². The Kier molecular flexibility index (Phi) is 5.70. The minimum Gasteiger partial charge on any atom is -0.457 e. The SMILES string of the molecule is c1ccc(-c2nc(-c3ccc(-c4ccc5c(c4)C4(CCCCC4)c4ccccc4O5)cc3)c3ccccc3n2)cc1. The second-order valence-electron chi connectivity index (χ2n) is 11.3. The first-order valence-electron chi connectivity index (χ1n) is 14.6. The molecule has 0 bridgehead atoms. The zero-order valence-corrected chi connectivity index (χ0v) is 22.9. The molecule has 8 rings (SSSR count). The van der Waals surface area contributed by atoms with Crippen LogP contribution in [0.5, 0.6) is 11.5 Å². The van der Waals surface area contributed by atoms with Crippen LogP contribution in [0.25, 0.3) is 44.7 Å². The van der Waals surface area contributed by atoms with Crippen molar-refractivity contribution >= 4 is 10.9 Å². The molecule has 6 aromatic rings. The molecule has 2 heterocycles. The molecule has 2 aliphatic rings. The molecule has 0 unspecified atom stereocenters. The average Bonchev–Trinajstić information content (AvgIpc) is 3.05. The van der Waals surface area contributed by atoms with Gasteiger partial charge in [-0.3, -0.25) is 0 Å². The van der Waals surface area contributed by atoms with Gasteiger partial charge in [0.15, 0.2) is 5.82 Å². The van der Waals surface area contributed by atoms with Gasteiger partial charge in [-0.2, -0.15) is 0 Å². The quantitative estimate of drug-likeness (QED) is 0.228. The molecule has 1 aromatic heterocycles. The first kappa shape index (κ1) is 24.1. The highest BCUT2D eigenvalue weighted by Crippen LogP contribution is 2.55. The van der Waals surface area contributed by atoms with E-state index in [2.05, 4.69) is 97.1 Å². The van der Waals surface area contributed by atoms with Crippen LogP contribution in [0.15, 0.2) is 121 Å². The van der Waals surface area contributed by atoms with E-state index in [4.69, 9.17) is 14.7 Å². The Morgan fingerprint density at radius 3 is 2.05 bits per heavy atom. The van der Waals surface area contributed by atoms with Crippen molar-refractivity contribution in [1.82, 2.24) is 9.97 Å². The van der Waals surface area contributed by atoms with Crippen LogP contribution in [-0.4, -0.2) is 9.97 Å². The van der Waals surface area contributed by atoms with Gasteiger partial charge < -0.3 is 4.74 Å². The molecule has 3 heteroatoms. The Balaban J connectivity index is 1.20. The smallest absolute Gasteiger partial charge is 0.160 e. The third-order valence-corrected chi connectivity index (χ3v) is 8.95. The Hall–Kier alpha value is -4.76. The van der Waals surface area contributed by atoms with E-state index in [-0.39, 0.29) is 5.41 Å². The van der Waals surface area contributed by atoms with Gasteiger partial charge in [-0.15, -0.1) is 0 Å². The second-order valence-corrected chi connectivity index (χ2v) is 11.3. The average molecular weight is 531 g/mol. The van der Waals surface area contributed by atoms with Gasteiger partial charge >= 0.3 is 0 Å². The van der Waals surface area contributed by atoms with E-state index in [0.29, 0.717) is 0 Å². The first-order chi connectivity index (χ1) is 20.3. The summed E-state index contributed by atoms with van der Waals surface area (Å²) >= 11 is 0. The maximum Gasteiger partial charge on any atom is 0.160 e. The molecule has 1 aliphatic carbocycles. The molecule has 0 atom stereocenters. The molecule has 0 radical (unpaired) electrons. The molecule has 1 aliphatic heterocycles. The summed E-state index contributed by atoms with van der Waals surface area (Å²) in [6.45, 7) is 0. The van der Waals surface area contributed by atoms with E-state index in [0.717, 1.165) is 45.0 Å². The largest absolute Gasteiger partial charge is 0.457 e. The van der Waals surface area contributed by atoms with Gasteiger partial charge in [0.25, 0.3) is 0 Å². The van der Waals surface area contributed by atoms with Crippen molar-refractivity contribution in [2.45, 2.75) is 37.5 Å². The molecule has 1 spiro atoms. The lowest BCUT2D eigenvalue weighted by Crippen LogP contribution is -2.33. The Labute approximate surface area is 240 Å². The Morgan fingerprint density at radius 2 is 1.20 bits per heavy atom. The number of benzene rings is 5. The fourth-order valence-electron chi connectivity index (χ4n) is 6.91. The van der Waals surface area contributed by atoms with Gasteiger partial charge in [0.05, 0.1) is 11.2 Å². The molecular formula is C38H30N2O. The minimum atomic E-state index is 0.0338. The lowest BCUT2D eigenvalue weighted by molar-refractivity contribution is 0.306. The molecule has 0 N–H and O–H groups in total. The van der Waals surface area contributed by atoms with Crippen molar-refractivity contribution in [3.63, 3.8) is 0 Å². The van der Waals surface area contributed by atoms with Crippen LogP contribution in [0.1, 0.15) is 43.2 Å². The maximum atomic E-state index is 6.45. The van der Waals surface area contributed by atoms with E-state index in [1.807, 2.05) is 24.3 Å². The van der Waals surface area contributed by atoms with Gasteiger partial charge in [-0.1, -0.05) is 116 Å². The van der Waals surface area contributed by atoms with Crippen molar-refractivity contribution in [3.8, 4) is 45.3 Å². The molecule has 0 amide bonds. The van der Waals surface area contributed by atoms with Gasteiger partial charge in [0.1, 0.15) is 11.5 Å². The number of aromatic nitrogens is 2. The first-order valence-corrected chi connectivity index (χ1v) is 14.6. The fourth-order valence-corrected chi connectivity index (χ4v) is 6.91. The number of para-hydroxylation sites is 2. The maximum absolute atomic E-state index is 6.45. The number of rotatable bonds is 3. The van der Waals surface area contributed by atoms with Gasteiger partial charge in [-0.25, -0.2) is 9.97 Å². The van der Waals surface area contributed by atoms with E-state index >= 15 is 0 Å². The van der Waals surface area contributed by atoms with Crippen LogP contribution in [0.2, 0.25) is 0 Å². The Bertz CT molecular complexity index is 1890. The second kappa shape index (κ2) is 9.71. The summed E-state index contributed by atoms with van der Waals surface area (Å²) in [7, 11) is 0. The van der Waals surface area contributed by atoms with Crippen molar-refractivity contribution in [3.05, 3.63) is 132 Å². The topological polar surface area (TPSA) is 35.0 Å². The summed E-state index contributed by atoms with van der Waals surface area (Å²) in [4.78, 5) is 9.92. The number of nitrogens with zero attached hydrogens (tertiary/aromatic N) is 2. The van der Waals surface area contributed by atoms with Gasteiger partial charge in [0.2, 0.25) is 0 Å². The third kappa shape index (κ3) is 4.03. The predicted octanol–water partition coefficient (Wildman–Crippen LogP) is 9.99. The minimum absolute atomic E-state index is 0.0338. The molecule has 1 saturated carbocycles. The zero-order valence-electron chi connectivity index (χ0n) is 22.9. The van der Waals surface area contributed by atoms with Crippen LogP contribution in [0.3, 0.4) is 0 Å². The summed E-state index contributed by atoms with van der Waals surface area (Å²) in [5.41, 5.74) is 9.16. The predicted molar refractivity (Wildman–Crippen MR) is 166 cm³/mol. The van der Waals surface area contributed by atoms with Crippen LogP contribution >= 0.6 is 0 Å².